The Labute approximate surface area is 188 Å². The van der Waals surface area contributed by atoms with E-state index < -0.39 is 5.82 Å². The Kier molecular flexibility index (Phi) is 5.18. The van der Waals surface area contributed by atoms with E-state index in [0.29, 0.717) is 33.4 Å². The second kappa shape index (κ2) is 8.03. The monoisotopic (exact) mass is 454 g/mol. The van der Waals surface area contributed by atoms with E-state index >= 15 is 0 Å². The van der Waals surface area contributed by atoms with Crippen LogP contribution in [0, 0.1) is 5.82 Å². The number of nitrogens with zero attached hydrogens (tertiary/aromatic N) is 4. The molecule has 10 heteroatoms. The fourth-order valence-electron chi connectivity index (χ4n) is 4.13. The molecule has 2 N–H and O–H groups in total. The Balaban J connectivity index is 1.51. The number of hydrogen-bond donors (Lipinski definition) is 2. The lowest BCUT2D eigenvalue weighted by molar-refractivity contribution is 0.102. The summed E-state index contributed by atoms with van der Waals surface area (Å²) in [5.41, 5.74) is 2.66. The SMILES string of the molecule is COc1nc2c(C(=O)Nc3cc(F)c4nn(C)cc4c3)ccc(N3CCN[C@@H](C)C3)c2s1. The van der Waals surface area contributed by atoms with Gasteiger partial charge in [0.25, 0.3) is 11.1 Å². The molecule has 0 saturated carbocycles. The minimum atomic E-state index is -0.484. The van der Waals surface area contributed by atoms with Crippen molar-refractivity contribution >= 4 is 49.7 Å². The van der Waals surface area contributed by atoms with Gasteiger partial charge in [0.05, 0.1) is 23.1 Å². The van der Waals surface area contributed by atoms with Gasteiger partial charge in [-0.15, -0.1) is 0 Å². The van der Waals surface area contributed by atoms with Crippen molar-refractivity contribution in [2.24, 2.45) is 7.05 Å². The van der Waals surface area contributed by atoms with Gasteiger partial charge in [-0.3, -0.25) is 9.48 Å². The fourth-order valence-corrected chi connectivity index (χ4v) is 5.08. The first-order valence-electron chi connectivity index (χ1n) is 10.3. The van der Waals surface area contributed by atoms with Crippen LogP contribution < -0.4 is 20.3 Å². The van der Waals surface area contributed by atoms with Crippen molar-refractivity contribution in [2.75, 3.05) is 37.0 Å². The smallest absolute Gasteiger partial charge is 0.274 e. The van der Waals surface area contributed by atoms with E-state index in [9.17, 15) is 9.18 Å². The minimum absolute atomic E-state index is 0.270. The highest BCUT2D eigenvalue weighted by Gasteiger charge is 2.23. The van der Waals surface area contributed by atoms with Gasteiger partial charge in [0.15, 0.2) is 5.82 Å². The Morgan fingerprint density at radius 1 is 1.34 bits per heavy atom. The fraction of sp³-hybridized carbons (Fsp3) is 0.318. The lowest BCUT2D eigenvalue weighted by Gasteiger charge is -2.34. The number of hydrogen-bond acceptors (Lipinski definition) is 7. The van der Waals surface area contributed by atoms with Crippen molar-refractivity contribution in [2.45, 2.75) is 13.0 Å². The molecular formula is C22H23FN6O2S. The molecule has 4 aromatic rings. The third-order valence-electron chi connectivity index (χ3n) is 5.57. The number of piperazine rings is 1. The lowest BCUT2D eigenvalue weighted by atomic mass is 10.1. The number of benzene rings is 2. The maximum atomic E-state index is 14.4. The van der Waals surface area contributed by atoms with Gasteiger partial charge < -0.3 is 20.3 Å². The number of carbonyl (C=O) groups is 1. The average Bonchev–Trinajstić information content (AvgIpc) is 3.36. The quantitative estimate of drug-likeness (QED) is 0.492. The summed E-state index contributed by atoms with van der Waals surface area (Å²) in [6.07, 6.45) is 1.71. The number of carbonyl (C=O) groups excluding carboxylic acids is 1. The number of halogens is 1. The first kappa shape index (κ1) is 20.7. The zero-order chi connectivity index (χ0) is 22.4. The third kappa shape index (κ3) is 3.65. The number of thiazole rings is 1. The van der Waals surface area contributed by atoms with Crippen LogP contribution in [-0.2, 0) is 7.05 Å². The first-order valence-corrected chi connectivity index (χ1v) is 11.1. The van der Waals surface area contributed by atoms with Crippen LogP contribution in [0.3, 0.4) is 0 Å². The van der Waals surface area contributed by atoms with Crippen molar-refractivity contribution < 1.29 is 13.9 Å². The van der Waals surface area contributed by atoms with Crippen molar-refractivity contribution in [3.8, 4) is 5.19 Å². The Bertz CT molecular complexity index is 1330. The molecular weight excluding hydrogens is 431 g/mol. The molecule has 2 aromatic heterocycles. The number of aromatic nitrogens is 3. The highest BCUT2D eigenvalue weighted by Crippen LogP contribution is 2.38. The van der Waals surface area contributed by atoms with E-state index in [1.54, 1.807) is 37.2 Å². The standard InChI is InChI=1S/C22H23FN6O2S/c1-12-10-29(7-6-24-12)17-5-4-15(19-20(17)32-22(26-19)31-3)21(30)25-14-8-13-11-28(2)27-18(13)16(23)9-14/h4-5,8-9,11-12,24H,6-7,10H2,1-3H3,(H,25,30)/t12-/m0/s1. The molecule has 0 radical (unpaired) electrons. The molecule has 1 aliphatic heterocycles. The lowest BCUT2D eigenvalue weighted by Crippen LogP contribution is -2.49. The van der Waals surface area contributed by atoms with Crippen LogP contribution in [-0.4, -0.2) is 53.5 Å². The maximum Gasteiger partial charge on any atom is 0.274 e. The topological polar surface area (TPSA) is 84.3 Å². The molecule has 0 bridgehead atoms. The molecule has 32 heavy (non-hydrogen) atoms. The zero-order valence-electron chi connectivity index (χ0n) is 18.0. The van der Waals surface area contributed by atoms with Crippen molar-refractivity contribution in [3.63, 3.8) is 0 Å². The molecule has 5 rings (SSSR count). The number of rotatable bonds is 4. The van der Waals surface area contributed by atoms with Gasteiger partial charge in [-0.1, -0.05) is 11.3 Å². The van der Waals surface area contributed by atoms with Crippen LogP contribution in [0.5, 0.6) is 5.19 Å². The molecule has 8 nitrogen and oxygen atoms in total. The van der Waals surface area contributed by atoms with Crippen LogP contribution in [0.4, 0.5) is 15.8 Å². The van der Waals surface area contributed by atoms with Gasteiger partial charge in [0.2, 0.25) is 0 Å². The summed E-state index contributed by atoms with van der Waals surface area (Å²) in [4.78, 5) is 20.0. The molecule has 1 fully saturated rings. The van der Waals surface area contributed by atoms with Gasteiger partial charge in [-0.2, -0.15) is 5.10 Å². The number of anilines is 2. The first-order chi connectivity index (χ1) is 15.4. The second-order valence-corrected chi connectivity index (χ2v) is 8.91. The number of amides is 1. The predicted molar refractivity (Wildman–Crippen MR) is 124 cm³/mol. The predicted octanol–water partition coefficient (Wildman–Crippen LogP) is 3.38. The zero-order valence-corrected chi connectivity index (χ0v) is 18.8. The second-order valence-electron chi connectivity index (χ2n) is 7.95. The van der Waals surface area contributed by atoms with Crippen LogP contribution >= 0.6 is 11.3 Å². The van der Waals surface area contributed by atoms with Crippen LogP contribution in [0.1, 0.15) is 17.3 Å². The average molecular weight is 455 g/mol. The van der Waals surface area contributed by atoms with Crippen LogP contribution in [0.25, 0.3) is 21.1 Å². The molecule has 166 valence electrons. The summed E-state index contributed by atoms with van der Waals surface area (Å²) in [6.45, 7) is 4.78. The van der Waals surface area contributed by atoms with E-state index in [4.69, 9.17) is 4.74 Å². The van der Waals surface area contributed by atoms with Crippen molar-refractivity contribution in [1.82, 2.24) is 20.1 Å². The normalized spacial score (nSPS) is 16.6. The molecule has 0 spiro atoms. The molecule has 1 aliphatic rings. The molecule has 3 heterocycles. The number of ether oxygens (including phenoxy) is 1. The van der Waals surface area contributed by atoms with E-state index in [1.165, 1.54) is 17.4 Å². The third-order valence-corrected chi connectivity index (χ3v) is 6.61. The molecule has 1 saturated heterocycles. The van der Waals surface area contributed by atoms with Gasteiger partial charge in [-0.05, 0) is 31.2 Å². The Morgan fingerprint density at radius 3 is 2.97 bits per heavy atom. The summed E-state index contributed by atoms with van der Waals surface area (Å²) in [6, 6.07) is 7.09. The largest absolute Gasteiger partial charge is 0.473 e. The van der Waals surface area contributed by atoms with Gasteiger partial charge in [0, 0.05) is 50.0 Å². The number of fused-ring (bicyclic) bond motifs is 2. The van der Waals surface area contributed by atoms with Crippen LogP contribution in [0.15, 0.2) is 30.5 Å². The van der Waals surface area contributed by atoms with E-state index in [0.717, 1.165) is 30.0 Å². The number of nitrogens with one attached hydrogen (secondary N) is 2. The summed E-state index contributed by atoms with van der Waals surface area (Å²) < 4.78 is 22.3. The molecule has 0 unspecified atom stereocenters. The molecule has 2 aromatic carbocycles. The Morgan fingerprint density at radius 2 is 2.19 bits per heavy atom. The number of methoxy groups -OCH3 is 1. The number of aryl methyl sites for hydroxylation is 1. The summed E-state index contributed by atoms with van der Waals surface area (Å²) in [5, 5.41) is 11.5. The Hall–Kier alpha value is -3.24. The summed E-state index contributed by atoms with van der Waals surface area (Å²) in [5.74, 6) is -0.840. The van der Waals surface area contributed by atoms with Gasteiger partial charge in [0.1, 0.15) is 11.0 Å². The highest BCUT2D eigenvalue weighted by atomic mass is 32.1. The van der Waals surface area contributed by atoms with Gasteiger partial charge in [-0.25, -0.2) is 9.37 Å². The van der Waals surface area contributed by atoms with E-state index in [1.807, 2.05) is 6.07 Å². The minimum Gasteiger partial charge on any atom is -0.473 e. The molecule has 1 amide bonds. The highest BCUT2D eigenvalue weighted by molar-refractivity contribution is 7.21. The van der Waals surface area contributed by atoms with Crippen LogP contribution in [0.2, 0.25) is 0 Å². The summed E-state index contributed by atoms with van der Waals surface area (Å²) >= 11 is 1.42. The molecule has 0 aliphatic carbocycles. The molecule has 1 atom stereocenters. The van der Waals surface area contributed by atoms with Crippen molar-refractivity contribution in [3.05, 3.63) is 41.8 Å². The van der Waals surface area contributed by atoms with E-state index in [2.05, 4.69) is 32.5 Å². The van der Waals surface area contributed by atoms with Crippen molar-refractivity contribution in [1.29, 1.82) is 0 Å². The summed E-state index contributed by atoms with van der Waals surface area (Å²) in [7, 11) is 3.29. The van der Waals surface area contributed by atoms with Gasteiger partial charge >= 0.3 is 0 Å². The van der Waals surface area contributed by atoms with E-state index in [-0.39, 0.29) is 11.4 Å². The maximum absolute atomic E-state index is 14.4.